The normalized spacial score (nSPS) is 13.4. The Morgan fingerprint density at radius 1 is 0.486 bits per heavy atom. The van der Waals surface area contributed by atoms with Gasteiger partial charge in [-0.1, -0.05) is 95.2 Å². The topological polar surface area (TPSA) is 40.5 Å². The molecule has 1 aromatic heterocycles. The van der Waals surface area contributed by atoms with Crippen LogP contribution in [0.2, 0.25) is 0 Å². The molecule has 2 nitrogen and oxygen atoms in total. The molecule has 2 aromatic carbocycles. The fourth-order valence-electron chi connectivity index (χ4n) is 4.28. The van der Waals surface area contributed by atoms with Crippen LogP contribution in [0, 0.1) is 0 Å². The fraction of sp³-hybridized carbons (Fsp3) is 0.500. The minimum absolute atomic E-state index is 0.0382. The molecular formula is C32H44O2S. The van der Waals surface area contributed by atoms with E-state index in [1.54, 1.807) is 11.3 Å². The van der Waals surface area contributed by atoms with Crippen molar-refractivity contribution in [2.24, 2.45) is 0 Å². The van der Waals surface area contributed by atoms with Crippen molar-refractivity contribution >= 4 is 11.3 Å². The molecule has 0 atom stereocenters. The van der Waals surface area contributed by atoms with Crippen LogP contribution in [0.1, 0.15) is 105 Å². The van der Waals surface area contributed by atoms with E-state index in [9.17, 15) is 10.2 Å². The first kappa shape index (κ1) is 27.3. The Kier molecular flexibility index (Phi) is 6.79. The summed E-state index contributed by atoms with van der Waals surface area (Å²) in [5, 5.41) is 22.7. The first-order valence-corrected chi connectivity index (χ1v) is 13.4. The summed E-state index contributed by atoms with van der Waals surface area (Å²) in [5.41, 5.74) is 5.62. The molecule has 0 aliphatic heterocycles. The molecule has 0 saturated carbocycles. The summed E-state index contributed by atoms with van der Waals surface area (Å²) in [6.07, 6.45) is 0. The molecule has 0 spiro atoms. The van der Waals surface area contributed by atoms with E-state index in [1.807, 2.05) is 0 Å². The van der Waals surface area contributed by atoms with Gasteiger partial charge in [0.15, 0.2) is 0 Å². The Morgan fingerprint density at radius 3 is 1.06 bits per heavy atom. The molecule has 2 N–H and O–H groups in total. The molecule has 3 aromatic rings. The van der Waals surface area contributed by atoms with Gasteiger partial charge in [-0.2, -0.15) is 0 Å². The van der Waals surface area contributed by atoms with Crippen molar-refractivity contribution in [1.82, 2.24) is 0 Å². The minimum Gasteiger partial charge on any atom is -0.507 e. The van der Waals surface area contributed by atoms with Crippen LogP contribution in [-0.4, -0.2) is 10.2 Å². The highest BCUT2D eigenvalue weighted by atomic mass is 32.1. The molecule has 3 heteroatoms. The maximum Gasteiger partial charge on any atom is 0.127 e. The van der Waals surface area contributed by atoms with E-state index in [2.05, 4.69) is 119 Å². The number of aromatic hydroxyl groups is 2. The van der Waals surface area contributed by atoms with Gasteiger partial charge in [-0.15, -0.1) is 11.3 Å². The zero-order valence-electron chi connectivity index (χ0n) is 23.8. The Bertz CT molecular complexity index is 1140. The summed E-state index contributed by atoms with van der Waals surface area (Å²) in [6.45, 7) is 26.1. The van der Waals surface area contributed by atoms with Gasteiger partial charge in [0.1, 0.15) is 11.5 Å². The molecule has 0 fully saturated rings. The van der Waals surface area contributed by atoms with Crippen LogP contribution in [0.5, 0.6) is 11.5 Å². The average molecular weight is 493 g/mol. The zero-order valence-corrected chi connectivity index (χ0v) is 24.6. The summed E-state index contributed by atoms with van der Waals surface area (Å²) in [7, 11) is 0. The summed E-state index contributed by atoms with van der Waals surface area (Å²) < 4.78 is 0. The van der Waals surface area contributed by atoms with Gasteiger partial charge < -0.3 is 10.2 Å². The molecule has 1 heterocycles. The van der Waals surface area contributed by atoms with Crippen molar-refractivity contribution in [1.29, 1.82) is 0 Å². The maximum atomic E-state index is 11.4. The zero-order chi connectivity index (χ0) is 26.7. The lowest BCUT2D eigenvalue weighted by atomic mass is 9.78. The summed E-state index contributed by atoms with van der Waals surface area (Å²) >= 11 is 1.62. The maximum absolute atomic E-state index is 11.4. The third kappa shape index (κ3) is 5.61. The van der Waals surface area contributed by atoms with Gasteiger partial charge in [0.05, 0.1) is 0 Å². The van der Waals surface area contributed by atoms with Gasteiger partial charge in [-0.3, -0.25) is 0 Å². The van der Waals surface area contributed by atoms with Crippen LogP contribution in [-0.2, 0) is 21.7 Å². The summed E-state index contributed by atoms with van der Waals surface area (Å²) in [6, 6.07) is 12.7. The molecule has 0 radical (unpaired) electrons. The Hall–Kier alpha value is -2.26. The van der Waals surface area contributed by atoms with E-state index in [0.717, 1.165) is 32.0 Å². The van der Waals surface area contributed by atoms with Gasteiger partial charge in [0.25, 0.3) is 0 Å². The second-order valence-corrected chi connectivity index (χ2v) is 15.1. The van der Waals surface area contributed by atoms with Gasteiger partial charge >= 0.3 is 0 Å². The van der Waals surface area contributed by atoms with Crippen molar-refractivity contribution in [2.75, 3.05) is 0 Å². The standard InChI is InChI=1S/C32H44O2S/c1-29(2,3)19-15-21(27(33)23(17-19)31(7,8)9)25-13-14-26(35-25)22-16-20(30(4,5)6)18-24(28(22)34)32(10,11)12/h13-18,33-34H,1-12H3. The third-order valence-electron chi connectivity index (χ3n) is 6.70. The molecule has 190 valence electrons. The number of hydrogen-bond acceptors (Lipinski definition) is 3. The van der Waals surface area contributed by atoms with Crippen molar-refractivity contribution in [3.63, 3.8) is 0 Å². The van der Waals surface area contributed by atoms with Crippen LogP contribution in [0.25, 0.3) is 20.9 Å². The predicted octanol–water partition coefficient (Wildman–Crippen LogP) is 9.68. The van der Waals surface area contributed by atoms with E-state index in [0.29, 0.717) is 11.5 Å². The Balaban J connectivity index is 2.26. The number of thiophene rings is 1. The highest BCUT2D eigenvalue weighted by Gasteiger charge is 2.28. The predicted molar refractivity (Wildman–Crippen MR) is 153 cm³/mol. The lowest BCUT2D eigenvalue weighted by Crippen LogP contribution is -2.17. The first-order valence-electron chi connectivity index (χ1n) is 12.6. The fourth-order valence-corrected chi connectivity index (χ4v) is 5.32. The number of hydrogen-bond donors (Lipinski definition) is 2. The van der Waals surface area contributed by atoms with Gasteiger partial charge in [0, 0.05) is 32.0 Å². The molecule has 3 rings (SSSR count). The number of rotatable bonds is 2. The second kappa shape index (κ2) is 8.69. The third-order valence-corrected chi connectivity index (χ3v) is 7.86. The van der Waals surface area contributed by atoms with Crippen LogP contribution in [0.15, 0.2) is 36.4 Å². The number of phenolic OH excluding ortho intramolecular Hbond substituents is 2. The van der Waals surface area contributed by atoms with Gasteiger partial charge in [-0.05, 0) is 57.1 Å². The first-order chi connectivity index (χ1) is 15.7. The summed E-state index contributed by atoms with van der Waals surface area (Å²) in [4.78, 5) is 2.01. The quantitative estimate of drug-likeness (QED) is 0.374. The van der Waals surface area contributed by atoms with Gasteiger partial charge in [-0.25, -0.2) is 0 Å². The molecule has 35 heavy (non-hydrogen) atoms. The smallest absolute Gasteiger partial charge is 0.127 e. The van der Waals surface area contributed by atoms with Crippen LogP contribution >= 0.6 is 11.3 Å². The van der Waals surface area contributed by atoms with Crippen molar-refractivity contribution in [3.8, 4) is 32.4 Å². The monoisotopic (exact) mass is 492 g/mol. The average Bonchev–Trinajstić information content (AvgIpc) is 3.14. The van der Waals surface area contributed by atoms with Crippen molar-refractivity contribution in [2.45, 2.75) is 105 Å². The van der Waals surface area contributed by atoms with Crippen LogP contribution < -0.4 is 0 Å². The molecular weight excluding hydrogens is 448 g/mol. The lowest BCUT2D eigenvalue weighted by molar-refractivity contribution is 0.446. The number of phenols is 2. The highest BCUT2D eigenvalue weighted by Crippen LogP contribution is 2.48. The van der Waals surface area contributed by atoms with E-state index in [4.69, 9.17) is 0 Å². The Morgan fingerprint density at radius 2 is 0.800 bits per heavy atom. The van der Waals surface area contributed by atoms with Crippen molar-refractivity contribution in [3.05, 3.63) is 58.7 Å². The molecule has 0 amide bonds. The van der Waals surface area contributed by atoms with Gasteiger partial charge in [0.2, 0.25) is 0 Å². The minimum atomic E-state index is -0.179. The number of benzene rings is 2. The van der Waals surface area contributed by atoms with Crippen molar-refractivity contribution < 1.29 is 10.2 Å². The van der Waals surface area contributed by atoms with E-state index < -0.39 is 0 Å². The summed E-state index contributed by atoms with van der Waals surface area (Å²) in [5.74, 6) is 0.698. The van der Waals surface area contributed by atoms with E-state index in [-0.39, 0.29) is 21.7 Å². The van der Waals surface area contributed by atoms with Crippen LogP contribution in [0.4, 0.5) is 0 Å². The van der Waals surface area contributed by atoms with E-state index >= 15 is 0 Å². The largest absolute Gasteiger partial charge is 0.507 e. The second-order valence-electron chi connectivity index (χ2n) is 14.0. The molecule has 0 saturated heterocycles. The van der Waals surface area contributed by atoms with E-state index in [1.165, 1.54) is 11.1 Å². The highest BCUT2D eigenvalue weighted by molar-refractivity contribution is 7.18. The molecule has 0 aliphatic carbocycles. The molecule has 0 bridgehead atoms. The lowest BCUT2D eigenvalue weighted by Gasteiger charge is -2.27. The SMILES string of the molecule is CC(C)(C)c1cc(-c2ccc(-c3cc(C(C)(C)C)cc(C(C)(C)C)c3O)s2)c(O)c(C(C)(C)C)c1. The van der Waals surface area contributed by atoms with Crippen LogP contribution in [0.3, 0.4) is 0 Å². The Labute approximate surface area is 217 Å². The molecule has 0 unspecified atom stereocenters. The molecule has 0 aliphatic rings.